The summed E-state index contributed by atoms with van der Waals surface area (Å²) in [6.45, 7) is -0.174. The minimum absolute atomic E-state index is 0.0869. The third-order valence-electron chi connectivity index (χ3n) is 0.785. The second-order valence-electron chi connectivity index (χ2n) is 1.56. The van der Waals surface area contributed by atoms with Gasteiger partial charge in [0, 0.05) is 0 Å². The maximum absolute atomic E-state index is 10.3. The molecular weight excluding hydrogens is 168 g/mol. The molecule has 0 aromatic heterocycles. The standard InChI is InChI=1S/C4H10N4O4/c5-7-3(9)11-1-2-12-4(10)8-6/h1-2,5-6H2,(H,7,9)(H,8,10). The first-order chi connectivity index (χ1) is 5.70. The Balaban J connectivity index is 3.21. The van der Waals surface area contributed by atoms with Crippen LogP contribution in [0, 0.1) is 0 Å². The van der Waals surface area contributed by atoms with Gasteiger partial charge in [-0.3, -0.25) is 10.9 Å². The van der Waals surface area contributed by atoms with Crippen LogP contribution < -0.4 is 22.5 Å². The van der Waals surface area contributed by atoms with Gasteiger partial charge in [-0.05, 0) is 0 Å². The van der Waals surface area contributed by atoms with Crippen LogP contribution in [0.4, 0.5) is 9.59 Å². The highest BCUT2D eigenvalue weighted by Gasteiger charge is 2.00. The van der Waals surface area contributed by atoms with Crippen LogP contribution in [0.3, 0.4) is 0 Å². The summed E-state index contributed by atoms with van der Waals surface area (Å²) in [5.41, 5.74) is 3.45. The van der Waals surface area contributed by atoms with Gasteiger partial charge in [-0.15, -0.1) is 0 Å². The van der Waals surface area contributed by atoms with Gasteiger partial charge in [-0.2, -0.15) is 0 Å². The first-order valence-corrected chi connectivity index (χ1v) is 2.97. The summed E-state index contributed by atoms with van der Waals surface area (Å²) >= 11 is 0. The van der Waals surface area contributed by atoms with Crippen molar-refractivity contribution in [1.29, 1.82) is 0 Å². The molecule has 6 N–H and O–H groups in total. The van der Waals surface area contributed by atoms with Crippen molar-refractivity contribution in [2.75, 3.05) is 13.2 Å². The van der Waals surface area contributed by atoms with Crippen molar-refractivity contribution >= 4 is 12.2 Å². The first kappa shape index (κ1) is 10.5. The lowest BCUT2D eigenvalue weighted by atomic mass is 10.8. The number of nitrogens with one attached hydrogen (secondary N) is 2. The van der Waals surface area contributed by atoms with Gasteiger partial charge in [0.15, 0.2) is 0 Å². The van der Waals surface area contributed by atoms with Crippen LogP contribution in [0.1, 0.15) is 0 Å². The minimum atomic E-state index is -0.799. The molecule has 0 bridgehead atoms. The van der Waals surface area contributed by atoms with Gasteiger partial charge < -0.3 is 9.47 Å². The Morgan fingerprint density at radius 1 is 1.00 bits per heavy atom. The van der Waals surface area contributed by atoms with Gasteiger partial charge in [0.05, 0.1) is 0 Å². The summed E-state index contributed by atoms with van der Waals surface area (Å²) in [6, 6.07) is 0. The van der Waals surface area contributed by atoms with Crippen molar-refractivity contribution in [3.8, 4) is 0 Å². The zero-order chi connectivity index (χ0) is 9.40. The van der Waals surface area contributed by atoms with Gasteiger partial charge in [0.2, 0.25) is 0 Å². The lowest BCUT2D eigenvalue weighted by Gasteiger charge is -2.04. The van der Waals surface area contributed by atoms with E-state index in [9.17, 15) is 9.59 Å². The van der Waals surface area contributed by atoms with Crippen molar-refractivity contribution in [2.24, 2.45) is 11.7 Å². The van der Waals surface area contributed by atoms with Crippen molar-refractivity contribution in [3.63, 3.8) is 0 Å². The van der Waals surface area contributed by atoms with Gasteiger partial charge in [-0.25, -0.2) is 21.3 Å². The second-order valence-corrected chi connectivity index (χ2v) is 1.56. The zero-order valence-electron chi connectivity index (χ0n) is 6.20. The molecular formula is C4H10N4O4. The topological polar surface area (TPSA) is 129 Å². The van der Waals surface area contributed by atoms with E-state index in [0.717, 1.165) is 0 Å². The SMILES string of the molecule is NNC(=O)OCCOC(=O)NN. The first-order valence-electron chi connectivity index (χ1n) is 2.97. The highest BCUT2D eigenvalue weighted by Crippen LogP contribution is 1.79. The number of carbonyl (C=O) groups excluding carboxylic acids is 2. The molecule has 0 atom stereocenters. The largest absolute Gasteiger partial charge is 0.445 e. The van der Waals surface area contributed by atoms with Crippen LogP contribution in [-0.4, -0.2) is 25.4 Å². The Bertz CT molecular complexity index is 143. The lowest BCUT2D eigenvalue weighted by molar-refractivity contribution is 0.0958. The highest BCUT2D eigenvalue weighted by atomic mass is 16.6. The summed E-state index contributed by atoms with van der Waals surface area (Å²) in [6.07, 6.45) is -1.60. The smallest absolute Gasteiger partial charge is 0.421 e. The number of amides is 2. The molecule has 0 spiro atoms. The molecule has 12 heavy (non-hydrogen) atoms. The average molecular weight is 178 g/mol. The number of nitrogens with two attached hydrogens (primary N) is 2. The molecule has 0 saturated carbocycles. The molecule has 0 unspecified atom stereocenters. The number of rotatable bonds is 3. The molecule has 2 amide bonds. The van der Waals surface area contributed by atoms with E-state index in [2.05, 4.69) is 21.2 Å². The molecule has 70 valence electrons. The Morgan fingerprint density at radius 2 is 1.33 bits per heavy atom. The van der Waals surface area contributed by atoms with Crippen LogP contribution in [-0.2, 0) is 9.47 Å². The van der Waals surface area contributed by atoms with Crippen molar-refractivity contribution in [2.45, 2.75) is 0 Å². The van der Waals surface area contributed by atoms with E-state index in [4.69, 9.17) is 0 Å². The fraction of sp³-hybridized carbons (Fsp3) is 0.500. The number of hydrogen-bond donors (Lipinski definition) is 4. The highest BCUT2D eigenvalue weighted by molar-refractivity contribution is 5.67. The molecule has 0 heterocycles. The van der Waals surface area contributed by atoms with E-state index in [1.165, 1.54) is 0 Å². The van der Waals surface area contributed by atoms with E-state index in [-0.39, 0.29) is 13.2 Å². The number of hydrazine groups is 2. The second kappa shape index (κ2) is 6.19. The van der Waals surface area contributed by atoms with E-state index >= 15 is 0 Å². The summed E-state index contributed by atoms with van der Waals surface area (Å²) < 4.78 is 8.73. The fourth-order valence-corrected chi connectivity index (χ4v) is 0.352. The Hall–Kier alpha value is -1.54. The maximum Gasteiger partial charge on any atom is 0.421 e. The van der Waals surface area contributed by atoms with Crippen molar-refractivity contribution in [1.82, 2.24) is 10.9 Å². The summed E-state index contributed by atoms with van der Waals surface area (Å²) in [5.74, 6) is 9.35. The van der Waals surface area contributed by atoms with E-state index < -0.39 is 12.2 Å². The number of ether oxygens (including phenoxy) is 2. The number of carbonyl (C=O) groups is 2. The third kappa shape index (κ3) is 5.26. The Labute approximate surface area is 68.1 Å². The Kier molecular flexibility index (Phi) is 5.39. The van der Waals surface area contributed by atoms with Crippen LogP contribution in [0.5, 0.6) is 0 Å². The summed E-state index contributed by atoms with van der Waals surface area (Å²) in [4.78, 5) is 20.6. The molecule has 0 aromatic rings. The molecule has 0 rings (SSSR count). The maximum atomic E-state index is 10.3. The minimum Gasteiger partial charge on any atom is -0.445 e. The van der Waals surface area contributed by atoms with Crippen molar-refractivity contribution in [3.05, 3.63) is 0 Å². The van der Waals surface area contributed by atoms with Crippen LogP contribution >= 0.6 is 0 Å². The third-order valence-corrected chi connectivity index (χ3v) is 0.785. The van der Waals surface area contributed by atoms with Crippen LogP contribution in [0.25, 0.3) is 0 Å². The monoisotopic (exact) mass is 178 g/mol. The summed E-state index contributed by atoms with van der Waals surface area (Å²) in [5, 5.41) is 0. The number of hydrogen-bond acceptors (Lipinski definition) is 6. The molecule has 0 saturated heterocycles. The van der Waals surface area contributed by atoms with Gasteiger partial charge >= 0.3 is 12.2 Å². The Morgan fingerprint density at radius 3 is 1.58 bits per heavy atom. The molecule has 0 aliphatic heterocycles. The molecule has 0 aliphatic rings. The van der Waals surface area contributed by atoms with Gasteiger partial charge in [0.1, 0.15) is 13.2 Å². The lowest BCUT2D eigenvalue weighted by Crippen LogP contribution is -2.33. The normalized spacial score (nSPS) is 8.50. The van der Waals surface area contributed by atoms with Crippen molar-refractivity contribution < 1.29 is 19.1 Å². The molecule has 0 aliphatic carbocycles. The predicted molar refractivity (Wildman–Crippen MR) is 37.3 cm³/mol. The van der Waals surface area contributed by atoms with E-state index in [0.29, 0.717) is 0 Å². The average Bonchev–Trinajstić information content (AvgIpc) is 2.11. The fourth-order valence-electron chi connectivity index (χ4n) is 0.352. The van der Waals surface area contributed by atoms with Gasteiger partial charge in [-0.1, -0.05) is 0 Å². The zero-order valence-corrected chi connectivity index (χ0v) is 6.20. The molecule has 0 fully saturated rings. The van der Waals surface area contributed by atoms with E-state index in [1.54, 1.807) is 10.9 Å². The van der Waals surface area contributed by atoms with Gasteiger partial charge in [0.25, 0.3) is 0 Å². The molecule has 8 heteroatoms. The van der Waals surface area contributed by atoms with E-state index in [1.807, 2.05) is 0 Å². The predicted octanol–water partition coefficient (Wildman–Crippen LogP) is -1.81. The quantitative estimate of drug-likeness (QED) is 0.174. The summed E-state index contributed by atoms with van der Waals surface area (Å²) in [7, 11) is 0. The molecule has 0 radical (unpaired) electrons. The molecule has 8 nitrogen and oxygen atoms in total. The van der Waals surface area contributed by atoms with Crippen LogP contribution in [0.15, 0.2) is 0 Å². The van der Waals surface area contributed by atoms with Crippen LogP contribution in [0.2, 0.25) is 0 Å². The molecule has 0 aromatic carbocycles.